The van der Waals surface area contributed by atoms with E-state index in [4.69, 9.17) is 17.5 Å². The van der Waals surface area contributed by atoms with Crippen LogP contribution in [0.4, 0.5) is 13.2 Å². The monoisotopic (exact) mass is 294 g/mol. The van der Waals surface area contributed by atoms with Crippen LogP contribution >= 0.6 is 12.2 Å². The number of rotatable bonds is 1. The van der Waals surface area contributed by atoms with Crippen molar-refractivity contribution < 1.29 is 13.2 Å². The van der Waals surface area contributed by atoms with E-state index in [2.05, 4.69) is 4.99 Å². The lowest BCUT2D eigenvalue weighted by Gasteiger charge is -2.20. The smallest absolute Gasteiger partial charge is 0.239 e. The van der Waals surface area contributed by atoms with E-state index in [0.717, 1.165) is 11.6 Å². The molecule has 1 aliphatic heterocycles. The molecule has 0 aromatic heterocycles. The molecule has 0 N–H and O–H groups in total. The average molecular weight is 294 g/mol. The molecule has 20 heavy (non-hydrogen) atoms. The second-order valence-corrected chi connectivity index (χ2v) is 4.78. The predicted octanol–water partition coefficient (Wildman–Crippen LogP) is 3.75. The Morgan fingerprint density at radius 2 is 1.85 bits per heavy atom. The molecule has 0 amide bonds. The number of hydrogen-bond acceptors (Lipinski definition) is 2. The van der Waals surface area contributed by atoms with Crippen molar-refractivity contribution in [3.8, 4) is 6.07 Å². The Balaban J connectivity index is 2.51. The van der Waals surface area contributed by atoms with Crippen molar-refractivity contribution in [2.24, 2.45) is 10.9 Å². The van der Waals surface area contributed by atoms with Crippen molar-refractivity contribution in [2.45, 2.75) is 13.1 Å². The zero-order valence-corrected chi connectivity index (χ0v) is 11.2. The van der Waals surface area contributed by atoms with E-state index < -0.39 is 17.7 Å². The van der Waals surface area contributed by atoms with Crippen LogP contribution in [0.1, 0.15) is 11.1 Å². The van der Waals surface area contributed by atoms with Gasteiger partial charge in [0, 0.05) is 5.56 Å². The zero-order chi connectivity index (χ0) is 14.9. The Bertz CT molecular complexity index is 648. The molecule has 102 valence electrons. The molecule has 6 heteroatoms. The number of halogens is 3. The van der Waals surface area contributed by atoms with Crippen LogP contribution in [0.15, 0.2) is 40.9 Å². The van der Waals surface area contributed by atoms with Gasteiger partial charge in [0.25, 0.3) is 0 Å². The van der Waals surface area contributed by atoms with Gasteiger partial charge in [-0.05, 0) is 13.0 Å². The quantitative estimate of drug-likeness (QED) is 0.739. The molecule has 0 saturated carbocycles. The molecule has 1 aromatic rings. The summed E-state index contributed by atoms with van der Waals surface area (Å²) < 4.78 is 38.9. The first-order valence-electron chi connectivity index (χ1n) is 5.71. The highest BCUT2D eigenvalue weighted by atomic mass is 32.1. The highest BCUT2D eigenvalue weighted by Crippen LogP contribution is 2.35. The van der Waals surface area contributed by atoms with Crippen LogP contribution in [-0.2, 0) is 0 Å². The number of aryl methyl sites for hydroxylation is 1. The molecule has 0 aliphatic carbocycles. The number of thiocarbonyl (C=S) groups is 1. The van der Waals surface area contributed by atoms with Gasteiger partial charge < -0.3 is 0 Å². The second kappa shape index (κ2) is 5.17. The van der Waals surface area contributed by atoms with Gasteiger partial charge in [0.2, 0.25) is 0 Å². The fraction of sp³-hybridized carbons (Fsp3) is 0.214. The van der Waals surface area contributed by atoms with Crippen molar-refractivity contribution in [3.63, 3.8) is 0 Å². The van der Waals surface area contributed by atoms with Crippen LogP contribution in [-0.4, -0.2) is 16.9 Å². The van der Waals surface area contributed by atoms with Crippen molar-refractivity contribution in [3.05, 3.63) is 47.0 Å². The highest BCUT2D eigenvalue weighted by molar-refractivity contribution is 7.80. The van der Waals surface area contributed by atoms with Gasteiger partial charge in [0.05, 0.1) is 17.4 Å². The molecular formula is C14H9F3N2S. The first-order valence-corrected chi connectivity index (χ1v) is 6.11. The van der Waals surface area contributed by atoms with Gasteiger partial charge >= 0.3 is 6.18 Å². The summed E-state index contributed by atoms with van der Waals surface area (Å²) in [5.41, 5.74) is 0.697. The summed E-state index contributed by atoms with van der Waals surface area (Å²) in [6, 6.07) is 8.46. The molecule has 0 spiro atoms. The summed E-state index contributed by atoms with van der Waals surface area (Å²) in [4.78, 5) is 3.70. The van der Waals surface area contributed by atoms with E-state index in [1.54, 1.807) is 30.3 Å². The molecule has 0 fully saturated rings. The molecule has 2 nitrogen and oxygen atoms in total. The Morgan fingerprint density at radius 1 is 1.25 bits per heavy atom. The van der Waals surface area contributed by atoms with Crippen LogP contribution in [0.5, 0.6) is 0 Å². The number of dihydropyridines is 1. The van der Waals surface area contributed by atoms with E-state index in [0.29, 0.717) is 5.56 Å². The number of alkyl halides is 3. The van der Waals surface area contributed by atoms with Crippen molar-refractivity contribution in [1.29, 1.82) is 5.26 Å². The summed E-state index contributed by atoms with van der Waals surface area (Å²) >= 11 is 4.82. The fourth-order valence-corrected chi connectivity index (χ4v) is 2.10. The van der Waals surface area contributed by atoms with Crippen molar-refractivity contribution >= 4 is 22.9 Å². The minimum Gasteiger partial charge on any atom is -0.239 e. The third-order valence-corrected chi connectivity index (χ3v) is 3.21. The maximum Gasteiger partial charge on any atom is 0.414 e. The van der Waals surface area contributed by atoms with Gasteiger partial charge in [0.1, 0.15) is 10.9 Å². The third kappa shape index (κ3) is 2.78. The molecule has 0 unspecified atom stereocenters. The standard InChI is InChI=1S/C14H9F3N2S/c1-8-2-4-9(5-3-8)12-6-11(14(15,16)17)10(7-18)13(20)19-12/h2-6,10H,1H3/t10-/m0/s1. The molecule has 0 bridgehead atoms. The lowest BCUT2D eigenvalue weighted by molar-refractivity contribution is -0.0947. The van der Waals surface area contributed by atoms with Gasteiger partial charge in [-0.1, -0.05) is 42.0 Å². The van der Waals surface area contributed by atoms with E-state index >= 15 is 0 Å². The van der Waals surface area contributed by atoms with Crippen molar-refractivity contribution in [2.75, 3.05) is 0 Å². The molecule has 1 aliphatic rings. The minimum absolute atomic E-state index is 0.133. The van der Waals surface area contributed by atoms with Crippen LogP contribution in [0.25, 0.3) is 0 Å². The molecule has 0 saturated heterocycles. The number of nitrogens with zero attached hydrogens (tertiary/aromatic N) is 2. The summed E-state index contributed by atoms with van der Waals surface area (Å²) in [6.45, 7) is 1.87. The lowest BCUT2D eigenvalue weighted by atomic mass is 9.93. The Kier molecular flexibility index (Phi) is 3.73. The Hall–Kier alpha value is -2.00. The Morgan fingerprint density at radius 3 is 2.35 bits per heavy atom. The zero-order valence-electron chi connectivity index (χ0n) is 10.4. The highest BCUT2D eigenvalue weighted by Gasteiger charge is 2.42. The topological polar surface area (TPSA) is 36.1 Å². The largest absolute Gasteiger partial charge is 0.414 e. The maximum absolute atomic E-state index is 13.0. The first kappa shape index (κ1) is 14.4. The average Bonchev–Trinajstić information content (AvgIpc) is 2.37. The van der Waals surface area contributed by atoms with E-state index in [-0.39, 0.29) is 10.7 Å². The lowest BCUT2D eigenvalue weighted by Crippen LogP contribution is -2.28. The molecule has 1 atom stereocenters. The van der Waals surface area contributed by atoms with Crippen molar-refractivity contribution in [1.82, 2.24) is 0 Å². The normalized spacial score (nSPS) is 19.1. The summed E-state index contributed by atoms with van der Waals surface area (Å²) in [6.07, 6.45) is -3.70. The minimum atomic E-state index is -4.60. The molecule has 2 rings (SSSR count). The van der Waals surface area contributed by atoms with Gasteiger partial charge in [-0.2, -0.15) is 18.4 Å². The Labute approximate surface area is 119 Å². The molecule has 0 radical (unpaired) electrons. The number of nitriles is 1. The van der Waals surface area contributed by atoms with Crippen LogP contribution in [0.2, 0.25) is 0 Å². The summed E-state index contributed by atoms with van der Waals surface area (Å²) in [5, 5.41) is 8.84. The number of allylic oxidation sites excluding steroid dienone is 1. The van der Waals surface area contributed by atoms with Gasteiger partial charge in [-0.25, -0.2) is 4.99 Å². The molecular weight excluding hydrogens is 285 g/mol. The van der Waals surface area contributed by atoms with E-state index in [1.807, 2.05) is 6.92 Å². The fourth-order valence-electron chi connectivity index (χ4n) is 1.82. The van der Waals surface area contributed by atoms with E-state index in [9.17, 15) is 13.2 Å². The summed E-state index contributed by atoms with van der Waals surface area (Å²) in [5.74, 6) is -1.51. The third-order valence-electron chi connectivity index (χ3n) is 2.88. The number of hydrogen-bond donors (Lipinski definition) is 0. The van der Waals surface area contributed by atoms with Crippen LogP contribution in [0.3, 0.4) is 0 Å². The summed E-state index contributed by atoms with van der Waals surface area (Å²) in [7, 11) is 0. The maximum atomic E-state index is 13.0. The van der Waals surface area contributed by atoms with E-state index in [1.165, 1.54) is 0 Å². The van der Waals surface area contributed by atoms with Gasteiger partial charge in [-0.3, -0.25) is 0 Å². The molecule has 1 aromatic carbocycles. The second-order valence-electron chi connectivity index (χ2n) is 4.36. The number of benzene rings is 1. The molecule has 1 heterocycles. The van der Waals surface area contributed by atoms with Crippen LogP contribution in [0, 0.1) is 24.2 Å². The number of aliphatic imine (C=N–C) groups is 1. The first-order chi connectivity index (χ1) is 9.32. The SMILES string of the molecule is Cc1ccc(C2=NC(=S)[C@@H](C#N)C(C(F)(F)F)=C2)cc1. The van der Waals surface area contributed by atoms with Gasteiger partial charge in [-0.15, -0.1) is 0 Å². The predicted molar refractivity (Wildman–Crippen MR) is 73.6 cm³/mol. The van der Waals surface area contributed by atoms with Crippen LogP contribution < -0.4 is 0 Å². The van der Waals surface area contributed by atoms with Gasteiger partial charge in [0.15, 0.2) is 0 Å².